The summed E-state index contributed by atoms with van der Waals surface area (Å²) in [5, 5.41) is 2.71. The molecule has 5 nitrogen and oxygen atoms in total. The number of hydrogen-bond donors (Lipinski definition) is 1. The molecule has 0 aliphatic heterocycles. The minimum Gasteiger partial charge on any atom is -0.452 e. The number of halogens is 2. The van der Waals surface area contributed by atoms with Crippen LogP contribution in [0.25, 0.3) is 0 Å². The Labute approximate surface area is 149 Å². The number of rotatable bonds is 4. The van der Waals surface area contributed by atoms with Gasteiger partial charge in [-0.3, -0.25) is 9.78 Å². The fourth-order valence-corrected chi connectivity index (χ4v) is 2.70. The molecule has 0 atom stereocenters. The third-order valence-electron chi connectivity index (χ3n) is 2.74. The monoisotopic (exact) mass is 474 g/mol. The molecular weight excluding hydrogens is 463 g/mol. The van der Waals surface area contributed by atoms with Crippen molar-refractivity contribution >= 4 is 56.1 Å². The van der Waals surface area contributed by atoms with Crippen molar-refractivity contribution in [2.45, 2.75) is 6.92 Å². The van der Waals surface area contributed by atoms with Gasteiger partial charge in [-0.05, 0) is 75.3 Å². The topological polar surface area (TPSA) is 68.3 Å². The number of nitrogens with one attached hydrogen (secondary N) is 1. The van der Waals surface area contributed by atoms with Gasteiger partial charge in [0.1, 0.15) is 0 Å². The summed E-state index contributed by atoms with van der Waals surface area (Å²) in [7, 11) is 0. The van der Waals surface area contributed by atoms with E-state index in [0.717, 1.165) is 9.13 Å². The Kier molecular flexibility index (Phi) is 5.90. The van der Waals surface area contributed by atoms with Crippen LogP contribution in [0.5, 0.6) is 0 Å². The third-order valence-corrected chi connectivity index (χ3v) is 3.84. The highest BCUT2D eigenvalue weighted by molar-refractivity contribution is 14.1. The summed E-state index contributed by atoms with van der Waals surface area (Å²) < 4.78 is 6.72. The van der Waals surface area contributed by atoms with E-state index in [1.807, 2.05) is 25.1 Å². The molecule has 7 heteroatoms. The van der Waals surface area contributed by atoms with E-state index in [4.69, 9.17) is 4.74 Å². The van der Waals surface area contributed by atoms with E-state index in [1.54, 1.807) is 12.3 Å². The number of esters is 1. The average molecular weight is 475 g/mol. The number of pyridine rings is 1. The molecule has 0 fully saturated rings. The number of carbonyl (C=O) groups is 2. The molecule has 0 aliphatic rings. The van der Waals surface area contributed by atoms with Gasteiger partial charge in [0.25, 0.3) is 5.91 Å². The number of carbonyl (C=O) groups excluding carboxylic acids is 2. The van der Waals surface area contributed by atoms with Crippen molar-refractivity contribution in [2.24, 2.45) is 0 Å². The molecule has 0 spiro atoms. The van der Waals surface area contributed by atoms with Crippen molar-refractivity contribution in [1.82, 2.24) is 4.98 Å². The quantitative estimate of drug-likeness (QED) is 0.543. The summed E-state index contributed by atoms with van der Waals surface area (Å²) in [6.07, 6.45) is 2.94. The molecule has 0 aliphatic carbocycles. The number of benzene rings is 1. The standard InChI is InChI=1S/C15H12BrIN2O3/c1-9-4-12(17)2-3-13(9)19-14(20)8-22-15(21)10-5-11(16)7-18-6-10/h2-7H,8H2,1H3,(H,19,20). The molecule has 114 valence electrons. The van der Waals surface area contributed by atoms with Crippen LogP contribution in [0.3, 0.4) is 0 Å². The van der Waals surface area contributed by atoms with E-state index in [-0.39, 0.29) is 18.1 Å². The van der Waals surface area contributed by atoms with Crippen LogP contribution < -0.4 is 5.32 Å². The maximum atomic E-state index is 11.8. The van der Waals surface area contributed by atoms with Crippen LogP contribution >= 0.6 is 38.5 Å². The summed E-state index contributed by atoms with van der Waals surface area (Å²) >= 11 is 5.42. The second-order valence-electron chi connectivity index (χ2n) is 4.48. The van der Waals surface area contributed by atoms with Crippen molar-refractivity contribution in [1.29, 1.82) is 0 Å². The lowest BCUT2D eigenvalue weighted by atomic mass is 10.2. The van der Waals surface area contributed by atoms with Crippen molar-refractivity contribution in [3.8, 4) is 0 Å². The Morgan fingerprint density at radius 1 is 1.32 bits per heavy atom. The molecule has 2 aromatic rings. The van der Waals surface area contributed by atoms with Gasteiger partial charge in [0.05, 0.1) is 5.56 Å². The molecule has 1 aromatic carbocycles. The second kappa shape index (κ2) is 7.68. The minimum atomic E-state index is -0.594. The van der Waals surface area contributed by atoms with Gasteiger partial charge < -0.3 is 10.1 Å². The SMILES string of the molecule is Cc1cc(I)ccc1NC(=O)COC(=O)c1cncc(Br)c1. The first-order valence-electron chi connectivity index (χ1n) is 6.29. The fourth-order valence-electron chi connectivity index (χ4n) is 1.69. The normalized spacial score (nSPS) is 10.1. The van der Waals surface area contributed by atoms with Crippen LogP contribution in [-0.4, -0.2) is 23.5 Å². The van der Waals surface area contributed by atoms with Gasteiger partial charge in [-0.25, -0.2) is 4.79 Å². The fraction of sp³-hybridized carbons (Fsp3) is 0.133. The van der Waals surface area contributed by atoms with E-state index < -0.39 is 5.97 Å². The smallest absolute Gasteiger partial charge is 0.340 e. The zero-order chi connectivity index (χ0) is 16.1. The van der Waals surface area contributed by atoms with E-state index >= 15 is 0 Å². The molecule has 22 heavy (non-hydrogen) atoms. The Morgan fingerprint density at radius 3 is 2.77 bits per heavy atom. The Balaban J connectivity index is 1.91. The highest BCUT2D eigenvalue weighted by atomic mass is 127. The number of anilines is 1. The van der Waals surface area contributed by atoms with Crippen molar-refractivity contribution in [2.75, 3.05) is 11.9 Å². The first-order chi connectivity index (χ1) is 10.5. The van der Waals surface area contributed by atoms with Crippen molar-refractivity contribution < 1.29 is 14.3 Å². The predicted octanol–water partition coefficient (Wildman–Crippen LogP) is 3.55. The van der Waals surface area contributed by atoms with Gasteiger partial charge in [0.15, 0.2) is 6.61 Å². The zero-order valence-corrected chi connectivity index (χ0v) is 15.3. The van der Waals surface area contributed by atoms with Gasteiger partial charge >= 0.3 is 5.97 Å². The van der Waals surface area contributed by atoms with Crippen LogP contribution in [0, 0.1) is 10.5 Å². The number of nitrogens with zero attached hydrogens (tertiary/aromatic N) is 1. The van der Waals surface area contributed by atoms with E-state index in [2.05, 4.69) is 48.8 Å². The van der Waals surface area contributed by atoms with Crippen molar-refractivity contribution in [3.05, 3.63) is 55.8 Å². The van der Waals surface area contributed by atoms with Gasteiger partial charge in [-0.1, -0.05) is 0 Å². The van der Waals surface area contributed by atoms with Crippen LogP contribution in [-0.2, 0) is 9.53 Å². The Morgan fingerprint density at radius 2 is 2.09 bits per heavy atom. The van der Waals surface area contributed by atoms with Gasteiger partial charge in [-0.15, -0.1) is 0 Å². The summed E-state index contributed by atoms with van der Waals surface area (Å²) in [6.45, 7) is 1.55. The Bertz CT molecular complexity index is 722. The second-order valence-corrected chi connectivity index (χ2v) is 6.64. The largest absolute Gasteiger partial charge is 0.452 e. The van der Waals surface area contributed by atoms with Crippen LogP contribution in [0.15, 0.2) is 41.1 Å². The highest BCUT2D eigenvalue weighted by Crippen LogP contribution is 2.17. The van der Waals surface area contributed by atoms with Crippen molar-refractivity contribution in [3.63, 3.8) is 0 Å². The van der Waals surface area contributed by atoms with Crippen LogP contribution in [0.1, 0.15) is 15.9 Å². The minimum absolute atomic E-state index is 0.285. The van der Waals surface area contributed by atoms with Gasteiger partial charge in [0, 0.05) is 26.1 Å². The lowest BCUT2D eigenvalue weighted by molar-refractivity contribution is -0.119. The number of aryl methyl sites for hydroxylation is 1. The molecule has 1 aromatic heterocycles. The lowest BCUT2D eigenvalue weighted by Crippen LogP contribution is -2.21. The predicted molar refractivity (Wildman–Crippen MR) is 94.7 cm³/mol. The molecule has 1 N–H and O–H groups in total. The third kappa shape index (κ3) is 4.77. The first-order valence-corrected chi connectivity index (χ1v) is 8.16. The molecule has 0 bridgehead atoms. The van der Waals surface area contributed by atoms with Gasteiger partial charge in [0.2, 0.25) is 0 Å². The molecular formula is C15H12BrIN2O3. The number of hydrogen-bond acceptors (Lipinski definition) is 4. The van der Waals surface area contributed by atoms with Crippen LogP contribution in [0.4, 0.5) is 5.69 Å². The lowest BCUT2D eigenvalue weighted by Gasteiger charge is -2.09. The summed E-state index contributed by atoms with van der Waals surface area (Å²) in [4.78, 5) is 27.5. The maximum absolute atomic E-state index is 11.8. The van der Waals surface area contributed by atoms with E-state index in [9.17, 15) is 9.59 Å². The summed E-state index contributed by atoms with van der Waals surface area (Å²) in [5.41, 5.74) is 1.93. The molecule has 1 amide bonds. The number of amides is 1. The molecule has 0 saturated carbocycles. The van der Waals surface area contributed by atoms with Gasteiger partial charge in [-0.2, -0.15) is 0 Å². The first kappa shape index (κ1) is 16.9. The van der Waals surface area contributed by atoms with E-state index in [1.165, 1.54) is 6.20 Å². The average Bonchev–Trinajstić information content (AvgIpc) is 2.47. The molecule has 0 unspecified atom stereocenters. The molecule has 0 radical (unpaired) electrons. The number of ether oxygens (including phenoxy) is 1. The summed E-state index contributed by atoms with van der Waals surface area (Å²) in [5.74, 6) is -0.983. The zero-order valence-electron chi connectivity index (χ0n) is 11.6. The highest BCUT2D eigenvalue weighted by Gasteiger charge is 2.12. The van der Waals surface area contributed by atoms with E-state index in [0.29, 0.717) is 10.2 Å². The van der Waals surface area contributed by atoms with Crippen LogP contribution in [0.2, 0.25) is 0 Å². The number of aromatic nitrogens is 1. The molecule has 0 saturated heterocycles. The molecule has 1 heterocycles. The Hall–Kier alpha value is -1.48. The molecule has 2 rings (SSSR count). The summed E-state index contributed by atoms with van der Waals surface area (Å²) in [6, 6.07) is 7.24. The maximum Gasteiger partial charge on any atom is 0.340 e.